The Hall–Kier alpha value is -1.36. The van der Waals surface area contributed by atoms with Crippen molar-refractivity contribution in [1.82, 2.24) is 0 Å². The Bertz CT molecular complexity index is 274. The van der Waals surface area contributed by atoms with E-state index in [9.17, 15) is 4.79 Å². The maximum absolute atomic E-state index is 10.5. The van der Waals surface area contributed by atoms with E-state index in [-0.39, 0.29) is 5.92 Å². The van der Waals surface area contributed by atoms with Crippen LogP contribution in [0.5, 0.6) is 0 Å². The van der Waals surface area contributed by atoms with Crippen molar-refractivity contribution < 1.29 is 9.90 Å². The highest BCUT2D eigenvalue weighted by Gasteiger charge is 2.15. The van der Waals surface area contributed by atoms with Gasteiger partial charge in [0.15, 0.2) is 0 Å². The molecule has 0 aromatic carbocycles. The number of aliphatic carboxylic acids is 1. The summed E-state index contributed by atoms with van der Waals surface area (Å²) < 4.78 is 0. The topological polar surface area (TPSA) is 102 Å². The Balaban J connectivity index is 3.96. The van der Waals surface area contributed by atoms with Crippen LogP contribution >= 0.6 is 0 Å². The van der Waals surface area contributed by atoms with Crippen LogP contribution in [0, 0.1) is 5.92 Å². The van der Waals surface area contributed by atoms with Crippen LogP contribution in [0.15, 0.2) is 17.1 Å². The predicted molar refractivity (Wildman–Crippen MR) is 65.3 cm³/mol. The molecule has 5 heteroatoms. The molecule has 2 atom stereocenters. The van der Waals surface area contributed by atoms with Gasteiger partial charge >= 0.3 is 5.97 Å². The van der Waals surface area contributed by atoms with E-state index in [2.05, 4.69) is 4.99 Å². The van der Waals surface area contributed by atoms with Crippen LogP contribution in [0.3, 0.4) is 0 Å². The number of nitrogens with two attached hydrogens (primary N) is 2. The molecular formula is C11H21N3O2. The summed E-state index contributed by atoms with van der Waals surface area (Å²) in [6, 6.07) is -0.818. The summed E-state index contributed by atoms with van der Waals surface area (Å²) in [5, 5.41) is 8.63. The van der Waals surface area contributed by atoms with Crippen molar-refractivity contribution in [2.75, 3.05) is 6.54 Å². The highest BCUT2D eigenvalue weighted by Crippen LogP contribution is 2.05. The summed E-state index contributed by atoms with van der Waals surface area (Å²) in [5.41, 5.74) is 11.1. The first-order valence-corrected chi connectivity index (χ1v) is 5.35. The molecule has 92 valence electrons. The molecule has 0 radical (unpaired) electrons. The van der Waals surface area contributed by atoms with E-state index in [1.165, 1.54) is 0 Å². The second-order valence-electron chi connectivity index (χ2n) is 3.89. The van der Waals surface area contributed by atoms with Gasteiger partial charge in [-0.15, -0.1) is 0 Å². The second-order valence-corrected chi connectivity index (χ2v) is 3.89. The van der Waals surface area contributed by atoms with Crippen molar-refractivity contribution in [3.8, 4) is 0 Å². The zero-order valence-corrected chi connectivity index (χ0v) is 9.89. The number of aliphatic imine (C=N–C) groups is 1. The molecule has 16 heavy (non-hydrogen) atoms. The van der Waals surface area contributed by atoms with Gasteiger partial charge < -0.3 is 16.6 Å². The maximum Gasteiger partial charge on any atom is 0.320 e. The van der Waals surface area contributed by atoms with Crippen LogP contribution in [-0.4, -0.2) is 29.5 Å². The highest BCUT2D eigenvalue weighted by molar-refractivity contribution is 5.81. The molecule has 0 aliphatic rings. The van der Waals surface area contributed by atoms with Crippen molar-refractivity contribution in [2.45, 2.75) is 32.7 Å². The Labute approximate surface area is 96.2 Å². The molecule has 5 N–H and O–H groups in total. The molecule has 1 unspecified atom stereocenters. The number of rotatable bonds is 7. The number of carboxylic acids is 1. The molecule has 0 saturated carbocycles. The lowest BCUT2D eigenvalue weighted by atomic mass is 10.0. The van der Waals surface area contributed by atoms with Gasteiger partial charge in [-0.2, -0.15) is 0 Å². The predicted octanol–water partition coefficient (Wildman–Crippen LogP) is 0.748. The van der Waals surface area contributed by atoms with E-state index in [1.54, 1.807) is 0 Å². The van der Waals surface area contributed by atoms with E-state index in [0.717, 1.165) is 0 Å². The smallest absolute Gasteiger partial charge is 0.320 e. The van der Waals surface area contributed by atoms with Crippen LogP contribution < -0.4 is 11.5 Å². The van der Waals surface area contributed by atoms with Crippen molar-refractivity contribution in [2.24, 2.45) is 22.4 Å². The van der Waals surface area contributed by atoms with E-state index in [1.807, 2.05) is 26.0 Å². The SMILES string of the molecule is CC=CCC(N)=NCC(C)C[C@H](N)C(=O)O. The van der Waals surface area contributed by atoms with Crippen molar-refractivity contribution >= 4 is 11.8 Å². The Morgan fingerprint density at radius 2 is 2.19 bits per heavy atom. The Morgan fingerprint density at radius 3 is 2.69 bits per heavy atom. The fraction of sp³-hybridized carbons (Fsp3) is 0.636. The lowest BCUT2D eigenvalue weighted by molar-refractivity contribution is -0.138. The molecule has 0 bridgehead atoms. The molecule has 0 heterocycles. The molecule has 0 rings (SSSR count). The third-order valence-electron chi connectivity index (χ3n) is 2.14. The standard InChI is InChI=1S/C11H21N3O2/c1-3-4-5-10(13)14-7-8(2)6-9(12)11(15)16/h3-4,8-9H,5-7,12H2,1-2H3,(H2,13,14)(H,15,16)/t8?,9-/m0/s1. The van der Waals surface area contributed by atoms with Gasteiger partial charge in [0.1, 0.15) is 6.04 Å². The average molecular weight is 227 g/mol. The largest absolute Gasteiger partial charge is 0.480 e. The molecule has 0 aromatic heterocycles. The monoisotopic (exact) mass is 227 g/mol. The number of carbonyl (C=O) groups is 1. The number of carboxylic acid groups (broad SMARTS) is 1. The zero-order chi connectivity index (χ0) is 12.6. The minimum atomic E-state index is -0.974. The second kappa shape index (κ2) is 7.87. The van der Waals surface area contributed by atoms with E-state index in [4.69, 9.17) is 16.6 Å². The van der Waals surface area contributed by atoms with Gasteiger partial charge in [-0.05, 0) is 19.3 Å². The van der Waals surface area contributed by atoms with Gasteiger partial charge in [0.05, 0.1) is 5.84 Å². The van der Waals surface area contributed by atoms with Crippen molar-refractivity contribution in [3.05, 3.63) is 12.2 Å². The number of hydrogen-bond donors (Lipinski definition) is 3. The van der Waals surface area contributed by atoms with Crippen LogP contribution in [0.1, 0.15) is 26.7 Å². The summed E-state index contributed by atoms with van der Waals surface area (Å²) in [4.78, 5) is 14.7. The van der Waals surface area contributed by atoms with Crippen LogP contribution in [-0.2, 0) is 4.79 Å². The Kier molecular flexibility index (Phi) is 7.20. The van der Waals surface area contributed by atoms with Gasteiger partial charge in [-0.25, -0.2) is 0 Å². The first-order chi connectivity index (χ1) is 7.47. The molecule has 0 aliphatic carbocycles. The average Bonchev–Trinajstić information content (AvgIpc) is 2.23. The van der Waals surface area contributed by atoms with E-state index < -0.39 is 12.0 Å². The fourth-order valence-electron chi connectivity index (χ4n) is 1.19. The number of nitrogens with zero attached hydrogens (tertiary/aromatic N) is 1. The summed E-state index contributed by atoms with van der Waals surface area (Å²) in [5.74, 6) is -0.290. The minimum absolute atomic E-state index is 0.121. The zero-order valence-electron chi connectivity index (χ0n) is 9.89. The van der Waals surface area contributed by atoms with Crippen LogP contribution in [0.25, 0.3) is 0 Å². The molecule has 0 aromatic rings. The summed E-state index contributed by atoms with van der Waals surface area (Å²) in [6.45, 7) is 4.35. The summed E-state index contributed by atoms with van der Waals surface area (Å²) >= 11 is 0. The number of allylic oxidation sites excluding steroid dienone is 1. The Morgan fingerprint density at radius 1 is 1.56 bits per heavy atom. The lowest BCUT2D eigenvalue weighted by Gasteiger charge is -2.11. The first kappa shape index (κ1) is 14.6. The molecular weight excluding hydrogens is 206 g/mol. The highest BCUT2D eigenvalue weighted by atomic mass is 16.4. The quantitative estimate of drug-likeness (QED) is 0.339. The number of hydrogen-bond acceptors (Lipinski definition) is 3. The first-order valence-electron chi connectivity index (χ1n) is 5.35. The fourth-order valence-corrected chi connectivity index (χ4v) is 1.19. The van der Waals surface area contributed by atoms with Crippen molar-refractivity contribution in [3.63, 3.8) is 0 Å². The number of amidine groups is 1. The normalized spacial score (nSPS) is 16.3. The van der Waals surface area contributed by atoms with Gasteiger partial charge in [0.2, 0.25) is 0 Å². The molecule has 0 fully saturated rings. The third-order valence-corrected chi connectivity index (χ3v) is 2.14. The van der Waals surface area contributed by atoms with E-state index >= 15 is 0 Å². The van der Waals surface area contributed by atoms with Crippen LogP contribution in [0.2, 0.25) is 0 Å². The minimum Gasteiger partial charge on any atom is -0.480 e. The van der Waals surface area contributed by atoms with E-state index in [0.29, 0.717) is 25.2 Å². The van der Waals surface area contributed by atoms with Gasteiger partial charge in [-0.3, -0.25) is 9.79 Å². The molecule has 0 saturated heterocycles. The lowest BCUT2D eigenvalue weighted by Crippen LogP contribution is -2.32. The third kappa shape index (κ3) is 7.00. The summed E-state index contributed by atoms with van der Waals surface area (Å²) in [7, 11) is 0. The molecule has 0 amide bonds. The van der Waals surface area contributed by atoms with Gasteiger partial charge in [0.25, 0.3) is 0 Å². The van der Waals surface area contributed by atoms with Crippen molar-refractivity contribution in [1.29, 1.82) is 0 Å². The molecule has 5 nitrogen and oxygen atoms in total. The van der Waals surface area contributed by atoms with Gasteiger partial charge in [0, 0.05) is 13.0 Å². The van der Waals surface area contributed by atoms with Gasteiger partial charge in [-0.1, -0.05) is 19.1 Å². The van der Waals surface area contributed by atoms with Crippen LogP contribution in [0.4, 0.5) is 0 Å². The molecule has 0 spiro atoms. The molecule has 0 aliphatic heterocycles. The summed E-state index contributed by atoms with van der Waals surface area (Å²) in [6.07, 6.45) is 4.88. The maximum atomic E-state index is 10.5.